The normalized spacial score (nSPS) is 20.1. The number of ether oxygens (including phenoxy) is 2. The van der Waals surface area contributed by atoms with Crippen LogP contribution in [0.5, 0.6) is 11.5 Å². The van der Waals surface area contributed by atoms with Crippen LogP contribution < -0.4 is 14.8 Å². The fourth-order valence-corrected chi connectivity index (χ4v) is 4.96. The highest BCUT2D eigenvalue weighted by molar-refractivity contribution is 5.43. The maximum atomic E-state index is 13.7. The summed E-state index contributed by atoms with van der Waals surface area (Å²) in [6.07, 6.45) is 7.24. The molecule has 1 aliphatic carbocycles. The summed E-state index contributed by atoms with van der Waals surface area (Å²) in [4.78, 5) is 0. The average molecular weight is 444 g/mol. The van der Waals surface area contributed by atoms with Crippen LogP contribution in [0.4, 0.5) is 4.39 Å². The number of aryl methyl sites for hydroxylation is 2. The molecule has 2 aromatic carbocycles. The Kier molecular flexibility index (Phi) is 8.94. The Labute approximate surface area is 192 Å². The lowest BCUT2D eigenvalue weighted by molar-refractivity contribution is -0.0134. The zero-order chi connectivity index (χ0) is 23.0. The quantitative estimate of drug-likeness (QED) is 0.431. The Balaban J connectivity index is 1.50. The third-order valence-corrected chi connectivity index (χ3v) is 6.80. The van der Waals surface area contributed by atoms with Gasteiger partial charge in [-0.1, -0.05) is 31.9 Å². The van der Waals surface area contributed by atoms with Crippen molar-refractivity contribution >= 4 is 0 Å². The zero-order valence-electron chi connectivity index (χ0n) is 19.8. The molecule has 2 N–H and O–H groups in total. The monoisotopic (exact) mass is 443 g/mol. The minimum Gasteiger partial charge on any atom is -0.493 e. The molecule has 0 radical (unpaired) electrons. The van der Waals surface area contributed by atoms with Gasteiger partial charge in [-0.2, -0.15) is 0 Å². The van der Waals surface area contributed by atoms with Crippen LogP contribution in [-0.4, -0.2) is 38.0 Å². The number of fused-ring (bicyclic) bond motifs is 1. The van der Waals surface area contributed by atoms with Crippen LogP contribution in [0.1, 0.15) is 68.1 Å². The van der Waals surface area contributed by atoms with Gasteiger partial charge in [0.05, 0.1) is 19.8 Å². The number of hydrogen-bond donors (Lipinski definition) is 2. The molecule has 0 saturated carbocycles. The Morgan fingerprint density at radius 3 is 2.62 bits per heavy atom. The molecule has 2 aromatic rings. The van der Waals surface area contributed by atoms with Gasteiger partial charge in [0.15, 0.2) is 11.5 Å². The van der Waals surface area contributed by atoms with Gasteiger partial charge >= 0.3 is 0 Å². The van der Waals surface area contributed by atoms with Gasteiger partial charge in [-0.3, -0.25) is 0 Å². The van der Waals surface area contributed by atoms with Crippen LogP contribution in [0.3, 0.4) is 0 Å². The summed E-state index contributed by atoms with van der Waals surface area (Å²) in [6, 6.07) is 11.1. The molecule has 4 nitrogen and oxygen atoms in total. The van der Waals surface area contributed by atoms with E-state index in [1.165, 1.54) is 11.6 Å². The Morgan fingerprint density at radius 2 is 1.88 bits per heavy atom. The molecule has 0 saturated heterocycles. The summed E-state index contributed by atoms with van der Waals surface area (Å²) in [5, 5.41) is 15.1. The van der Waals surface area contributed by atoms with E-state index in [0.717, 1.165) is 74.2 Å². The van der Waals surface area contributed by atoms with Crippen LogP contribution in [0.15, 0.2) is 36.4 Å². The van der Waals surface area contributed by atoms with Gasteiger partial charge in [-0.15, -0.1) is 0 Å². The first-order valence-electron chi connectivity index (χ1n) is 11.9. The molecule has 0 amide bonds. The van der Waals surface area contributed by atoms with Crippen LogP contribution in [0.2, 0.25) is 0 Å². The second-order valence-electron chi connectivity index (χ2n) is 8.93. The average Bonchev–Trinajstić information content (AvgIpc) is 2.80. The molecule has 32 heavy (non-hydrogen) atoms. The molecule has 0 heterocycles. The van der Waals surface area contributed by atoms with Crippen molar-refractivity contribution in [3.8, 4) is 11.5 Å². The van der Waals surface area contributed by atoms with Crippen LogP contribution >= 0.6 is 0 Å². The first-order valence-corrected chi connectivity index (χ1v) is 11.9. The largest absolute Gasteiger partial charge is 0.493 e. The van der Waals surface area contributed by atoms with E-state index in [9.17, 15) is 9.50 Å². The lowest BCUT2D eigenvalue weighted by Gasteiger charge is -2.42. The van der Waals surface area contributed by atoms with Crippen LogP contribution in [0, 0.1) is 5.82 Å². The number of aliphatic hydroxyl groups is 1. The van der Waals surface area contributed by atoms with Gasteiger partial charge in [0.25, 0.3) is 0 Å². The standard InChI is InChI=1S/C27H38FNO3/c1-4-5-8-24-23-11-10-22(28)19-21(23)13-14-27(24,30)15-17-29-16-6-7-20-9-12-25(31-2)26(18-20)32-3/h9-12,18-19,24,29-30H,4-8,13-17H2,1-3H3. The van der Waals surface area contributed by atoms with Gasteiger partial charge < -0.3 is 19.9 Å². The number of rotatable bonds is 12. The van der Waals surface area contributed by atoms with Crippen molar-refractivity contribution in [3.05, 3.63) is 58.9 Å². The number of hydrogen-bond acceptors (Lipinski definition) is 4. The van der Waals surface area contributed by atoms with E-state index in [4.69, 9.17) is 9.47 Å². The van der Waals surface area contributed by atoms with Crippen molar-refractivity contribution in [1.29, 1.82) is 0 Å². The van der Waals surface area contributed by atoms with Crippen molar-refractivity contribution in [3.63, 3.8) is 0 Å². The van der Waals surface area contributed by atoms with Crippen molar-refractivity contribution in [2.45, 2.75) is 69.8 Å². The molecule has 0 bridgehead atoms. The van der Waals surface area contributed by atoms with Crippen molar-refractivity contribution < 1.29 is 19.0 Å². The lowest BCUT2D eigenvalue weighted by Crippen LogP contribution is -2.43. The molecule has 1 aliphatic rings. The molecule has 3 rings (SSSR count). The smallest absolute Gasteiger partial charge is 0.160 e. The summed E-state index contributed by atoms with van der Waals surface area (Å²) in [7, 11) is 3.30. The highest BCUT2D eigenvalue weighted by Crippen LogP contribution is 2.44. The summed E-state index contributed by atoms with van der Waals surface area (Å²) in [5.74, 6) is 1.41. The van der Waals surface area contributed by atoms with Gasteiger partial charge in [-0.05, 0) is 92.6 Å². The molecule has 0 spiro atoms. The Hall–Kier alpha value is -2.11. The summed E-state index contributed by atoms with van der Waals surface area (Å²) < 4.78 is 24.4. The Morgan fingerprint density at radius 1 is 1.06 bits per heavy atom. The summed E-state index contributed by atoms with van der Waals surface area (Å²) in [5.41, 5.74) is 2.70. The number of nitrogens with one attached hydrogen (secondary N) is 1. The number of methoxy groups -OCH3 is 2. The predicted molar refractivity (Wildman–Crippen MR) is 127 cm³/mol. The molecule has 0 aromatic heterocycles. The maximum absolute atomic E-state index is 13.7. The number of halogens is 1. The maximum Gasteiger partial charge on any atom is 0.160 e. The first-order chi connectivity index (χ1) is 15.5. The SMILES string of the molecule is CCCCC1c2ccc(F)cc2CCC1(O)CCNCCCc1ccc(OC)c(OC)c1. The minimum atomic E-state index is -0.726. The van der Waals surface area contributed by atoms with E-state index in [0.29, 0.717) is 12.8 Å². The molecule has 5 heteroatoms. The zero-order valence-corrected chi connectivity index (χ0v) is 19.8. The molecular weight excluding hydrogens is 405 g/mol. The van der Waals surface area contributed by atoms with E-state index in [1.54, 1.807) is 20.3 Å². The summed E-state index contributed by atoms with van der Waals surface area (Å²) >= 11 is 0. The van der Waals surface area contributed by atoms with Gasteiger partial charge in [0, 0.05) is 5.92 Å². The molecule has 176 valence electrons. The predicted octanol–water partition coefficient (Wildman–Crippen LogP) is 5.41. The van der Waals surface area contributed by atoms with E-state index in [-0.39, 0.29) is 11.7 Å². The molecule has 2 atom stereocenters. The van der Waals surface area contributed by atoms with Crippen LogP contribution in [0.25, 0.3) is 0 Å². The second kappa shape index (κ2) is 11.7. The third kappa shape index (κ3) is 6.02. The minimum absolute atomic E-state index is 0.0837. The lowest BCUT2D eigenvalue weighted by atomic mass is 9.68. The van der Waals surface area contributed by atoms with E-state index >= 15 is 0 Å². The molecule has 0 fully saturated rings. The van der Waals surface area contributed by atoms with Crippen molar-refractivity contribution in [1.82, 2.24) is 5.32 Å². The fourth-order valence-electron chi connectivity index (χ4n) is 4.96. The third-order valence-electron chi connectivity index (χ3n) is 6.80. The van der Waals surface area contributed by atoms with Crippen molar-refractivity contribution in [2.24, 2.45) is 0 Å². The molecule has 2 unspecified atom stereocenters. The van der Waals surface area contributed by atoms with Gasteiger partial charge in [-0.25, -0.2) is 4.39 Å². The first kappa shape index (κ1) is 24.5. The van der Waals surface area contributed by atoms with Gasteiger partial charge in [0.2, 0.25) is 0 Å². The molecular formula is C27H38FNO3. The van der Waals surface area contributed by atoms with Gasteiger partial charge in [0.1, 0.15) is 5.82 Å². The topological polar surface area (TPSA) is 50.7 Å². The Bertz CT molecular complexity index is 872. The van der Waals surface area contributed by atoms with Crippen LogP contribution in [-0.2, 0) is 12.8 Å². The number of unbranched alkanes of at least 4 members (excludes halogenated alkanes) is 1. The molecule has 0 aliphatic heterocycles. The fraction of sp³-hybridized carbons (Fsp3) is 0.556. The second-order valence-corrected chi connectivity index (χ2v) is 8.93. The van der Waals surface area contributed by atoms with E-state index in [1.807, 2.05) is 18.2 Å². The number of benzene rings is 2. The van der Waals surface area contributed by atoms with E-state index in [2.05, 4.69) is 18.3 Å². The highest BCUT2D eigenvalue weighted by atomic mass is 19.1. The van der Waals surface area contributed by atoms with E-state index < -0.39 is 5.60 Å². The van der Waals surface area contributed by atoms with Crippen molar-refractivity contribution in [2.75, 3.05) is 27.3 Å². The highest BCUT2D eigenvalue weighted by Gasteiger charge is 2.40. The summed E-state index contributed by atoms with van der Waals surface area (Å²) in [6.45, 7) is 3.85.